The van der Waals surface area contributed by atoms with Gasteiger partial charge in [0, 0.05) is 19.5 Å². The Labute approximate surface area is 113 Å². The summed E-state index contributed by atoms with van der Waals surface area (Å²) in [4.78, 5) is 24.8. The summed E-state index contributed by atoms with van der Waals surface area (Å²) in [5.41, 5.74) is -0.720. The first-order valence-electron chi connectivity index (χ1n) is 6.98. The van der Waals surface area contributed by atoms with Crippen LogP contribution in [0, 0.1) is 0 Å². The van der Waals surface area contributed by atoms with Crippen molar-refractivity contribution in [1.29, 1.82) is 0 Å². The van der Waals surface area contributed by atoms with Crippen molar-refractivity contribution >= 4 is 11.9 Å². The number of carbonyl (C=O) groups is 2. The predicted molar refractivity (Wildman–Crippen MR) is 68.9 cm³/mol. The molecule has 0 spiro atoms. The van der Waals surface area contributed by atoms with E-state index in [4.69, 9.17) is 9.84 Å². The number of morpholine rings is 1. The summed E-state index contributed by atoms with van der Waals surface area (Å²) in [6.45, 7) is 3.16. The van der Waals surface area contributed by atoms with E-state index in [0.29, 0.717) is 58.5 Å². The Hall–Kier alpha value is -1.14. The van der Waals surface area contributed by atoms with E-state index in [-0.39, 0.29) is 5.91 Å². The summed E-state index contributed by atoms with van der Waals surface area (Å²) in [7, 11) is 0. The van der Waals surface area contributed by atoms with E-state index in [0.717, 1.165) is 6.42 Å². The Morgan fingerprint density at radius 2 is 1.95 bits per heavy atom. The molecule has 0 atom stereocenters. The van der Waals surface area contributed by atoms with Crippen LogP contribution in [0.15, 0.2) is 0 Å². The number of carboxylic acids is 1. The molecule has 19 heavy (non-hydrogen) atoms. The van der Waals surface area contributed by atoms with Gasteiger partial charge < -0.3 is 20.1 Å². The third-order valence-corrected chi connectivity index (χ3v) is 4.01. The molecule has 108 valence electrons. The molecule has 0 unspecified atom stereocenters. The summed E-state index contributed by atoms with van der Waals surface area (Å²) in [6, 6.07) is 0. The van der Waals surface area contributed by atoms with Crippen LogP contribution in [-0.2, 0) is 14.3 Å². The van der Waals surface area contributed by atoms with Crippen molar-refractivity contribution in [3.63, 3.8) is 0 Å². The number of carboxylic acid groups (broad SMARTS) is 1. The molecule has 0 bridgehead atoms. The number of nitrogens with zero attached hydrogens (tertiary/aromatic N) is 1. The van der Waals surface area contributed by atoms with Gasteiger partial charge in [-0.25, -0.2) is 0 Å². The fraction of sp³-hybridized carbons (Fsp3) is 0.846. The lowest BCUT2D eigenvalue weighted by Gasteiger charge is -2.38. The van der Waals surface area contributed by atoms with Gasteiger partial charge in [0.05, 0.1) is 13.2 Å². The van der Waals surface area contributed by atoms with Gasteiger partial charge in [-0.05, 0) is 32.2 Å². The minimum Gasteiger partial charge on any atom is -0.480 e. The highest BCUT2D eigenvalue weighted by molar-refractivity contribution is 5.80. The summed E-state index contributed by atoms with van der Waals surface area (Å²) < 4.78 is 5.20. The fourth-order valence-electron chi connectivity index (χ4n) is 2.53. The Morgan fingerprint density at radius 3 is 2.47 bits per heavy atom. The van der Waals surface area contributed by atoms with Crippen LogP contribution in [0.2, 0.25) is 0 Å². The molecule has 1 amide bonds. The predicted octanol–water partition coefficient (Wildman–Crippen LogP) is 0.222. The Balaban J connectivity index is 1.63. The summed E-state index contributed by atoms with van der Waals surface area (Å²) in [5.74, 6) is -0.624. The zero-order chi connectivity index (χ0) is 13.7. The van der Waals surface area contributed by atoms with Crippen molar-refractivity contribution in [3.8, 4) is 0 Å². The number of nitrogens with one attached hydrogen (secondary N) is 1. The molecular weight excluding hydrogens is 248 g/mol. The first-order chi connectivity index (χ1) is 9.14. The maximum atomic E-state index is 11.9. The molecule has 0 aromatic rings. The number of hydrogen-bond donors (Lipinski definition) is 2. The first kappa shape index (κ1) is 14.3. The third kappa shape index (κ3) is 3.45. The van der Waals surface area contributed by atoms with Gasteiger partial charge in [-0.1, -0.05) is 0 Å². The lowest BCUT2D eigenvalue weighted by Crippen LogP contribution is -2.57. The normalized spacial score (nSPS) is 21.8. The van der Waals surface area contributed by atoms with Crippen molar-refractivity contribution in [2.24, 2.45) is 0 Å². The zero-order valence-corrected chi connectivity index (χ0v) is 11.2. The zero-order valence-electron chi connectivity index (χ0n) is 11.2. The molecule has 2 N–H and O–H groups in total. The van der Waals surface area contributed by atoms with E-state index in [1.54, 1.807) is 0 Å². The SMILES string of the molecule is O=C(CCCNC1(C(=O)O)CCC1)N1CCOCC1. The molecule has 2 rings (SSSR count). The molecule has 0 radical (unpaired) electrons. The minimum atomic E-state index is -0.766. The van der Waals surface area contributed by atoms with Crippen molar-refractivity contribution in [1.82, 2.24) is 10.2 Å². The van der Waals surface area contributed by atoms with Crippen molar-refractivity contribution in [3.05, 3.63) is 0 Å². The highest BCUT2D eigenvalue weighted by atomic mass is 16.5. The van der Waals surface area contributed by atoms with E-state index in [9.17, 15) is 9.59 Å². The second-order valence-corrected chi connectivity index (χ2v) is 5.26. The van der Waals surface area contributed by atoms with Gasteiger partial charge in [-0.3, -0.25) is 9.59 Å². The van der Waals surface area contributed by atoms with Crippen molar-refractivity contribution < 1.29 is 19.4 Å². The van der Waals surface area contributed by atoms with Crippen LogP contribution in [0.1, 0.15) is 32.1 Å². The van der Waals surface area contributed by atoms with Crippen LogP contribution >= 0.6 is 0 Å². The maximum absolute atomic E-state index is 11.9. The van der Waals surface area contributed by atoms with E-state index in [1.165, 1.54) is 0 Å². The average molecular weight is 270 g/mol. The lowest BCUT2D eigenvalue weighted by molar-refractivity contribution is -0.148. The Bertz CT molecular complexity index is 336. The van der Waals surface area contributed by atoms with E-state index in [1.807, 2.05) is 4.90 Å². The average Bonchev–Trinajstić information content (AvgIpc) is 2.37. The van der Waals surface area contributed by atoms with Crippen LogP contribution in [0.4, 0.5) is 0 Å². The van der Waals surface area contributed by atoms with Crippen LogP contribution in [-0.4, -0.2) is 60.3 Å². The Morgan fingerprint density at radius 1 is 1.26 bits per heavy atom. The number of ether oxygens (including phenoxy) is 1. The minimum absolute atomic E-state index is 0.142. The molecule has 6 nitrogen and oxygen atoms in total. The molecule has 2 fully saturated rings. The van der Waals surface area contributed by atoms with Gasteiger partial charge in [0.2, 0.25) is 5.91 Å². The fourth-order valence-corrected chi connectivity index (χ4v) is 2.53. The smallest absolute Gasteiger partial charge is 0.323 e. The number of aliphatic carboxylic acids is 1. The molecule has 1 aliphatic heterocycles. The Kier molecular flexibility index (Phi) is 4.76. The number of amides is 1. The van der Waals surface area contributed by atoms with E-state index < -0.39 is 11.5 Å². The quantitative estimate of drug-likeness (QED) is 0.675. The summed E-state index contributed by atoms with van der Waals surface area (Å²) in [6.07, 6.45) is 3.51. The number of rotatable bonds is 6. The standard InChI is InChI=1S/C13H22N2O4/c16-11(15-7-9-19-10-8-15)3-1-6-14-13(12(17)18)4-2-5-13/h14H,1-10H2,(H,17,18). The van der Waals surface area contributed by atoms with E-state index in [2.05, 4.69) is 5.32 Å². The third-order valence-electron chi connectivity index (χ3n) is 4.01. The molecule has 1 saturated heterocycles. The molecule has 1 heterocycles. The molecule has 1 aliphatic carbocycles. The first-order valence-corrected chi connectivity index (χ1v) is 6.98. The molecule has 0 aromatic carbocycles. The van der Waals surface area contributed by atoms with Gasteiger partial charge in [0.15, 0.2) is 0 Å². The van der Waals surface area contributed by atoms with Crippen LogP contribution in [0.3, 0.4) is 0 Å². The van der Waals surface area contributed by atoms with Crippen LogP contribution in [0.25, 0.3) is 0 Å². The van der Waals surface area contributed by atoms with Crippen molar-refractivity contribution in [2.75, 3.05) is 32.8 Å². The maximum Gasteiger partial charge on any atom is 0.323 e. The second kappa shape index (κ2) is 6.34. The number of carbonyl (C=O) groups excluding carboxylic acids is 1. The van der Waals surface area contributed by atoms with Crippen LogP contribution in [0.5, 0.6) is 0 Å². The molecule has 6 heteroatoms. The van der Waals surface area contributed by atoms with Gasteiger partial charge in [0.25, 0.3) is 0 Å². The van der Waals surface area contributed by atoms with Crippen LogP contribution < -0.4 is 5.32 Å². The highest BCUT2D eigenvalue weighted by Crippen LogP contribution is 2.31. The molecule has 2 aliphatic rings. The number of hydrogen-bond acceptors (Lipinski definition) is 4. The topological polar surface area (TPSA) is 78.9 Å². The summed E-state index contributed by atoms with van der Waals surface area (Å²) >= 11 is 0. The largest absolute Gasteiger partial charge is 0.480 e. The van der Waals surface area contributed by atoms with Gasteiger partial charge >= 0.3 is 5.97 Å². The van der Waals surface area contributed by atoms with E-state index >= 15 is 0 Å². The van der Waals surface area contributed by atoms with Crippen molar-refractivity contribution in [2.45, 2.75) is 37.6 Å². The van der Waals surface area contributed by atoms with Gasteiger partial charge in [0.1, 0.15) is 5.54 Å². The molecule has 1 saturated carbocycles. The molecular formula is C13H22N2O4. The second-order valence-electron chi connectivity index (χ2n) is 5.26. The van der Waals surface area contributed by atoms with Gasteiger partial charge in [-0.15, -0.1) is 0 Å². The monoisotopic (exact) mass is 270 g/mol. The van der Waals surface area contributed by atoms with Gasteiger partial charge in [-0.2, -0.15) is 0 Å². The summed E-state index contributed by atoms with van der Waals surface area (Å²) in [5, 5.41) is 12.2. The highest BCUT2D eigenvalue weighted by Gasteiger charge is 2.43. The molecule has 0 aromatic heterocycles. The lowest BCUT2D eigenvalue weighted by atomic mass is 9.77.